The third kappa shape index (κ3) is 6.32. The van der Waals surface area contributed by atoms with Crippen molar-refractivity contribution in [1.29, 1.82) is 0 Å². The molecule has 0 saturated heterocycles. The van der Waals surface area contributed by atoms with Crippen molar-refractivity contribution >= 4 is 11.9 Å². The van der Waals surface area contributed by atoms with E-state index >= 15 is 0 Å². The van der Waals surface area contributed by atoms with Crippen LogP contribution in [-0.4, -0.2) is 25.2 Å². The van der Waals surface area contributed by atoms with Crippen LogP contribution in [0.5, 0.6) is 0 Å². The Morgan fingerprint density at radius 1 is 1.10 bits per heavy atom. The summed E-state index contributed by atoms with van der Waals surface area (Å²) in [5.41, 5.74) is 1.07. The van der Waals surface area contributed by atoms with Gasteiger partial charge in [0.15, 0.2) is 0 Å². The summed E-state index contributed by atoms with van der Waals surface area (Å²) in [5, 5.41) is 0. The Morgan fingerprint density at radius 3 is 2.24 bits per heavy atom. The van der Waals surface area contributed by atoms with Gasteiger partial charge in [0, 0.05) is 0 Å². The van der Waals surface area contributed by atoms with Crippen LogP contribution in [0.4, 0.5) is 0 Å². The fourth-order valence-electron chi connectivity index (χ4n) is 2.46. The molecular weight excluding hydrogens is 268 g/mol. The summed E-state index contributed by atoms with van der Waals surface area (Å²) in [6.07, 6.45) is 6.89. The number of hydrogen-bond donors (Lipinski definition) is 0. The van der Waals surface area contributed by atoms with Gasteiger partial charge in [-0.3, -0.25) is 9.59 Å². The van der Waals surface area contributed by atoms with Crippen LogP contribution in [0.1, 0.15) is 59.3 Å². The molecule has 120 valence electrons. The predicted octanol–water partition coefficient (Wildman–Crippen LogP) is 3.65. The minimum atomic E-state index is -0.306. The molecule has 0 aromatic carbocycles. The molecule has 0 heterocycles. The fraction of sp³-hybridized carbons (Fsp3) is 0.765. The molecule has 0 bridgehead atoms. The third-order valence-electron chi connectivity index (χ3n) is 3.71. The highest BCUT2D eigenvalue weighted by atomic mass is 16.5. The summed E-state index contributed by atoms with van der Waals surface area (Å²) in [6.45, 7) is 7.01. The van der Waals surface area contributed by atoms with E-state index in [2.05, 4.69) is 13.8 Å². The largest absolute Gasteiger partial charge is 0.465 e. The molecule has 1 aliphatic rings. The van der Waals surface area contributed by atoms with Gasteiger partial charge in [0.05, 0.1) is 25.0 Å². The highest BCUT2D eigenvalue weighted by Crippen LogP contribution is 2.30. The van der Waals surface area contributed by atoms with E-state index in [0.29, 0.717) is 26.1 Å². The van der Waals surface area contributed by atoms with Crippen LogP contribution in [0.2, 0.25) is 0 Å². The first kappa shape index (κ1) is 17.7. The molecule has 0 spiro atoms. The van der Waals surface area contributed by atoms with Gasteiger partial charge in [0.2, 0.25) is 0 Å². The molecule has 2 unspecified atom stereocenters. The van der Waals surface area contributed by atoms with E-state index in [0.717, 1.165) is 31.3 Å². The molecule has 21 heavy (non-hydrogen) atoms. The highest BCUT2D eigenvalue weighted by molar-refractivity contribution is 5.78. The van der Waals surface area contributed by atoms with Crippen LogP contribution in [0, 0.1) is 11.8 Å². The van der Waals surface area contributed by atoms with Gasteiger partial charge >= 0.3 is 11.9 Å². The molecule has 1 rings (SSSR count). The molecule has 0 aliphatic heterocycles. The SMILES string of the molecule is CCCCOC(=O)C1C=C(C)CC(C(=O)OCCCC)C1. The zero-order chi connectivity index (χ0) is 15.7. The van der Waals surface area contributed by atoms with Crippen LogP contribution >= 0.6 is 0 Å². The Balaban J connectivity index is 2.50. The number of allylic oxidation sites excluding steroid dienone is 1. The molecule has 0 radical (unpaired) electrons. The summed E-state index contributed by atoms with van der Waals surface area (Å²) < 4.78 is 10.5. The first-order valence-corrected chi connectivity index (χ1v) is 8.09. The lowest BCUT2D eigenvalue weighted by atomic mass is 9.83. The van der Waals surface area contributed by atoms with Crippen LogP contribution in [-0.2, 0) is 19.1 Å². The van der Waals surface area contributed by atoms with Gasteiger partial charge in [-0.1, -0.05) is 38.3 Å². The third-order valence-corrected chi connectivity index (χ3v) is 3.71. The highest BCUT2D eigenvalue weighted by Gasteiger charge is 2.31. The maximum Gasteiger partial charge on any atom is 0.312 e. The van der Waals surface area contributed by atoms with Gasteiger partial charge in [-0.05, 0) is 32.6 Å². The number of hydrogen-bond acceptors (Lipinski definition) is 4. The Morgan fingerprint density at radius 2 is 1.67 bits per heavy atom. The van der Waals surface area contributed by atoms with Gasteiger partial charge in [-0.15, -0.1) is 0 Å². The van der Waals surface area contributed by atoms with Gasteiger partial charge in [0.25, 0.3) is 0 Å². The van der Waals surface area contributed by atoms with E-state index in [-0.39, 0.29) is 23.8 Å². The second-order valence-electron chi connectivity index (χ2n) is 5.80. The normalized spacial score (nSPS) is 21.6. The fourth-order valence-corrected chi connectivity index (χ4v) is 2.46. The van der Waals surface area contributed by atoms with Crippen LogP contribution in [0.25, 0.3) is 0 Å². The second-order valence-corrected chi connectivity index (χ2v) is 5.80. The van der Waals surface area contributed by atoms with Crippen molar-refractivity contribution in [2.45, 2.75) is 59.3 Å². The lowest BCUT2D eigenvalue weighted by Gasteiger charge is -2.25. The van der Waals surface area contributed by atoms with E-state index in [1.54, 1.807) is 0 Å². The summed E-state index contributed by atoms with van der Waals surface area (Å²) >= 11 is 0. The summed E-state index contributed by atoms with van der Waals surface area (Å²) in [6, 6.07) is 0. The molecule has 0 fully saturated rings. The molecular formula is C17H28O4. The average molecular weight is 296 g/mol. The predicted molar refractivity (Wildman–Crippen MR) is 81.7 cm³/mol. The number of rotatable bonds is 8. The number of esters is 2. The number of carbonyl (C=O) groups excluding carboxylic acids is 2. The van der Waals surface area contributed by atoms with Gasteiger partial charge in [0.1, 0.15) is 0 Å². The molecule has 4 heteroatoms. The van der Waals surface area contributed by atoms with E-state index in [4.69, 9.17) is 9.47 Å². The Bertz CT molecular complexity index is 373. The Hall–Kier alpha value is -1.32. The molecule has 0 N–H and O–H groups in total. The van der Waals surface area contributed by atoms with E-state index in [1.807, 2.05) is 13.0 Å². The Kier molecular flexibility index (Phi) is 8.09. The van der Waals surface area contributed by atoms with Crippen molar-refractivity contribution in [3.8, 4) is 0 Å². The first-order valence-electron chi connectivity index (χ1n) is 8.09. The van der Waals surface area contributed by atoms with Crippen LogP contribution < -0.4 is 0 Å². The minimum absolute atomic E-state index is 0.178. The van der Waals surface area contributed by atoms with Crippen molar-refractivity contribution < 1.29 is 19.1 Å². The minimum Gasteiger partial charge on any atom is -0.465 e. The molecule has 2 atom stereocenters. The first-order chi connectivity index (χ1) is 10.1. The number of ether oxygens (including phenoxy) is 2. The van der Waals surface area contributed by atoms with Crippen LogP contribution in [0.15, 0.2) is 11.6 Å². The number of carbonyl (C=O) groups is 2. The van der Waals surface area contributed by atoms with E-state index < -0.39 is 0 Å². The van der Waals surface area contributed by atoms with E-state index in [1.165, 1.54) is 0 Å². The van der Waals surface area contributed by atoms with Crippen molar-refractivity contribution in [2.75, 3.05) is 13.2 Å². The quantitative estimate of drug-likeness (QED) is 0.390. The summed E-state index contributed by atoms with van der Waals surface area (Å²) in [5.74, 6) is -0.911. The standard InChI is InChI=1S/C17H28O4/c1-4-6-8-20-16(18)14-10-13(3)11-15(12-14)17(19)21-9-7-5-2/h10,14-15H,4-9,11-12H2,1-3H3. The Labute approximate surface area is 127 Å². The summed E-state index contributed by atoms with van der Waals surface area (Å²) in [4.78, 5) is 24.1. The average Bonchev–Trinajstić information content (AvgIpc) is 2.47. The van der Waals surface area contributed by atoms with Crippen LogP contribution in [0.3, 0.4) is 0 Å². The topological polar surface area (TPSA) is 52.6 Å². The van der Waals surface area contributed by atoms with Crippen molar-refractivity contribution in [3.63, 3.8) is 0 Å². The molecule has 0 aromatic heterocycles. The zero-order valence-corrected chi connectivity index (χ0v) is 13.5. The van der Waals surface area contributed by atoms with Gasteiger partial charge < -0.3 is 9.47 Å². The van der Waals surface area contributed by atoms with Gasteiger partial charge in [-0.2, -0.15) is 0 Å². The maximum absolute atomic E-state index is 12.0. The lowest BCUT2D eigenvalue weighted by molar-refractivity contribution is -0.152. The molecule has 4 nitrogen and oxygen atoms in total. The van der Waals surface area contributed by atoms with Crippen molar-refractivity contribution in [2.24, 2.45) is 11.8 Å². The second kappa shape index (κ2) is 9.59. The molecule has 0 amide bonds. The number of unbranched alkanes of at least 4 members (excludes halogenated alkanes) is 2. The monoisotopic (exact) mass is 296 g/mol. The smallest absolute Gasteiger partial charge is 0.312 e. The molecule has 0 saturated carbocycles. The lowest BCUT2D eigenvalue weighted by Crippen LogP contribution is -2.28. The summed E-state index contributed by atoms with van der Waals surface area (Å²) in [7, 11) is 0. The van der Waals surface area contributed by atoms with E-state index in [9.17, 15) is 9.59 Å². The van der Waals surface area contributed by atoms with Crippen molar-refractivity contribution in [3.05, 3.63) is 11.6 Å². The molecule has 1 aliphatic carbocycles. The maximum atomic E-state index is 12.0. The van der Waals surface area contributed by atoms with Crippen molar-refractivity contribution in [1.82, 2.24) is 0 Å². The molecule has 0 aromatic rings. The zero-order valence-electron chi connectivity index (χ0n) is 13.5. The van der Waals surface area contributed by atoms with Gasteiger partial charge in [-0.25, -0.2) is 0 Å².